The molecule has 304 valence electrons. The van der Waals surface area contributed by atoms with Crippen LogP contribution in [-0.2, 0) is 56.5 Å². The smallest absolute Gasteiger partial charge is 0.261 e. The van der Waals surface area contributed by atoms with Crippen LogP contribution in [-0.4, -0.2) is 160 Å². The van der Waals surface area contributed by atoms with Gasteiger partial charge in [0.25, 0.3) is 8.32 Å². The van der Waals surface area contributed by atoms with Crippen molar-refractivity contribution in [2.75, 3.05) is 152 Å². The lowest BCUT2D eigenvalue weighted by Gasteiger charge is -2.43. The van der Waals surface area contributed by atoms with Crippen LogP contribution < -0.4 is 10.4 Å². The molecule has 0 N–H and O–H groups in total. The molecule has 0 atom stereocenters. The summed E-state index contributed by atoms with van der Waals surface area (Å²) in [6.45, 7) is 21.1. The molecule has 0 radical (unpaired) electrons. The van der Waals surface area contributed by atoms with Crippen LogP contribution in [0.2, 0.25) is 5.04 Å². The molecule has 0 bridgehead atoms. The molecule has 0 unspecified atom stereocenters. The summed E-state index contributed by atoms with van der Waals surface area (Å²) >= 11 is 0. The molecular formula is C40H68O12Si. The molecule has 0 aromatic heterocycles. The van der Waals surface area contributed by atoms with Gasteiger partial charge in [0.1, 0.15) is 0 Å². The maximum atomic E-state index is 6.85. The van der Waals surface area contributed by atoms with E-state index >= 15 is 0 Å². The van der Waals surface area contributed by atoms with Gasteiger partial charge in [-0.15, -0.1) is 0 Å². The molecular weight excluding hydrogens is 701 g/mol. The molecule has 0 heterocycles. The highest BCUT2D eigenvalue weighted by Gasteiger charge is 2.50. The Kier molecular flexibility index (Phi) is 29.0. The Hall–Kier alpha value is -1.82. The van der Waals surface area contributed by atoms with Gasteiger partial charge in [-0.25, -0.2) is 0 Å². The summed E-state index contributed by atoms with van der Waals surface area (Å²) in [7, 11) is -2.54. The fraction of sp³-hybridized carbons (Fsp3) is 0.700. The zero-order valence-corrected chi connectivity index (χ0v) is 33.9. The third-order valence-electron chi connectivity index (χ3n) is 7.89. The molecule has 2 rings (SSSR count). The third-order valence-corrected chi connectivity index (χ3v) is 12.9. The highest BCUT2D eigenvalue weighted by molar-refractivity contribution is 6.99. The molecule has 2 aromatic carbocycles. The monoisotopic (exact) mass is 768 g/mol. The van der Waals surface area contributed by atoms with E-state index in [-0.39, 0.29) is 5.04 Å². The van der Waals surface area contributed by atoms with E-state index in [1.165, 1.54) is 10.4 Å². The molecule has 0 aliphatic carbocycles. The first-order valence-corrected chi connectivity index (χ1v) is 21.0. The van der Waals surface area contributed by atoms with Crippen molar-refractivity contribution in [1.82, 2.24) is 0 Å². The minimum Gasteiger partial charge on any atom is -0.405 e. The van der Waals surface area contributed by atoms with E-state index in [2.05, 4.69) is 81.4 Å². The Labute approximate surface area is 320 Å². The predicted octanol–water partition coefficient (Wildman–Crippen LogP) is 3.77. The first kappa shape index (κ1) is 47.3. The number of rotatable bonds is 37. The summed E-state index contributed by atoms with van der Waals surface area (Å²) in [6, 6.07) is 21.3. The Balaban J connectivity index is 1.31. The summed E-state index contributed by atoms with van der Waals surface area (Å²) in [5, 5.41) is 2.48. The average Bonchev–Trinajstić information content (AvgIpc) is 3.16. The van der Waals surface area contributed by atoms with Gasteiger partial charge in [-0.05, 0) is 22.3 Å². The molecule has 12 nitrogen and oxygen atoms in total. The van der Waals surface area contributed by atoms with Crippen molar-refractivity contribution in [2.45, 2.75) is 32.7 Å². The summed E-state index contributed by atoms with van der Waals surface area (Å²) in [4.78, 5) is 0. The maximum absolute atomic E-state index is 6.85. The predicted molar refractivity (Wildman–Crippen MR) is 208 cm³/mol. The van der Waals surface area contributed by atoms with Gasteiger partial charge in [-0.2, -0.15) is 0 Å². The van der Waals surface area contributed by atoms with Crippen LogP contribution in [0.15, 0.2) is 60.7 Å². The SMILES string of the molecule is CCOCCOCCOCCOCCOCCOCCOCCOCCOCCOCCOCCO[Si](c1ccccc1)(c1ccccc1)C(C)(C)C. The molecule has 53 heavy (non-hydrogen) atoms. The number of ether oxygens (including phenoxy) is 11. The molecule has 0 fully saturated rings. The van der Waals surface area contributed by atoms with Crippen molar-refractivity contribution in [3.05, 3.63) is 60.7 Å². The van der Waals surface area contributed by atoms with Crippen LogP contribution in [0.3, 0.4) is 0 Å². The highest BCUT2D eigenvalue weighted by Crippen LogP contribution is 2.36. The zero-order chi connectivity index (χ0) is 38.0. The first-order chi connectivity index (χ1) is 26.0. The largest absolute Gasteiger partial charge is 0.405 e. The Morgan fingerprint density at radius 2 is 0.566 bits per heavy atom. The van der Waals surface area contributed by atoms with E-state index in [1.807, 2.05) is 6.92 Å². The minimum atomic E-state index is -2.54. The Bertz CT molecular complexity index is 1020. The lowest BCUT2D eigenvalue weighted by Crippen LogP contribution is -2.66. The van der Waals surface area contributed by atoms with Crippen LogP contribution >= 0.6 is 0 Å². The van der Waals surface area contributed by atoms with E-state index < -0.39 is 8.32 Å². The number of hydrogen-bond donors (Lipinski definition) is 0. The van der Waals surface area contributed by atoms with Crippen LogP contribution in [0.4, 0.5) is 0 Å². The van der Waals surface area contributed by atoms with Crippen LogP contribution in [0.5, 0.6) is 0 Å². The van der Waals surface area contributed by atoms with Crippen molar-refractivity contribution < 1.29 is 56.5 Å². The number of hydrogen-bond acceptors (Lipinski definition) is 12. The van der Waals surface area contributed by atoms with Crippen LogP contribution in [0.25, 0.3) is 0 Å². The second-order valence-corrected chi connectivity index (χ2v) is 17.1. The second-order valence-electron chi connectivity index (χ2n) is 12.8. The lowest BCUT2D eigenvalue weighted by atomic mass is 10.2. The molecule has 0 amide bonds. The van der Waals surface area contributed by atoms with Gasteiger partial charge >= 0.3 is 0 Å². The molecule has 2 aromatic rings. The highest BCUT2D eigenvalue weighted by atomic mass is 28.4. The summed E-state index contributed by atoms with van der Waals surface area (Å²) in [5.74, 6) is 0. The Morgan fingerprint density at radius 1 is 0.340 bits per heavy atom. The first-order valence-electron chi connectivity index (χ1n) is 19.1. The van der Waals surface area contributed by atoms with Crippen LogP contribution in [0.1, 0.15) is 27.7 Å². The van der Waals surface area contributed by atoms with E-state index in [4.69, 9.17) is 56.5 Å². The third kappa shape index (κ3) is 22.4. The van der Waals surface area contributed by atoms with Gasteiger partial charge in [0.05, 0.1) is 145 Å². The minimum absolute atomic E-state index is 0.0557. The second kappa shape index (κ2) is 32.4. The van der Waals surface area contributed by atoms with Gasteiger partial charge in [-0.3, -0.25) is 0 Å². The van der Waals surface area contributed by atoms with Crippen molar-refractivity contribution in [2.24, 2.45) is 0 Å². The van der Waals surface area contributed by atoms with E-state index in [9.17, 15) is 0 Å². The zero-order valence-electron chi connectivity index (χ0n) is 32.9. The molecule has 0 spiro atoms. The van der Waals surface area contributed by atoms with Crippen LogP contribution in [0, 0.1) is 0 Å². The van der Waals surface area contributed by atoms with Crippen molar-refractivity contribution >= 4 is 18.7 Å². The normalized spacial score (nSPS) is 12.2. The lowest BCUT2D eigenvalue weighted by molar-refractivity contribution is -0.0276. The van der Waals surface area contributed by atoms with Gasteiger partial charge in [0, 0.05) is 6.61 Å². The summed E-state index contributed by atoms with van der Waals surface area (Å²) in [6.07, 6.45) is 0. The van der Waals surface area contributed by atoms with Crippen molar-refractivity contribution in [1.29, 1.82) is 0 Å². The van der Waals surface area contributed by atoms with Crippen molar-refractivity contribution in [3.63, 3.8) is 0 Å². The van der Waals surface area contributed by atoms with E-state index in [1.54, 1.807) is 0 Å². The Morgan fingerprint density at radius 3 is 0.792 bits per heavy atom. The van der Waals surface area contributed by atoms with Crippen molar-refractivity contribution in [3.8, 4) is 0 Å². The van der Waals surface area contributed by atoms with E-state index in [0.29, 0.717) is 152 Å². The summed E-state index contributed by atoms with van der Waals surface area (Å²) < 4.78 is 67.5. The molecule has 0 saturated carbocycles. The topological polar surface area (TPSA) is 111 Å². The maximum Gasteiger partial charge on any atom is 0.261 e. The van der Waals surface area contributed by atoms with Gasteiger partial charge in [0.2, 0.25) is 0 Å². The molecule has 13 heteroatoms. The van der Waals surface area contributed by atoms with Gasteiger partial charge in [-0.1, -0.05) is 81.4 Å². The van der Waals surface area contributed by atoms with Gasteiger partial charge < -0.3 is 56.5 Å². The quantitative estimate of drug-likeness (QED) is 0.0738. The standard InChI is InChI=1S/C40H68O12Si/c1-5-41-16-17-42-18-19-43-20-21-44-22-23-45-24-25-46-26-27-47-28-29-48-30-31-49-32-33-50-34-35-51-36-37-52-53(40(2,3)4,38-12-8-6-9-13-38)39-14-10-7-11-15-39/h6-15H,5,16-37H2,1-4H3. The fourth-order valence-electron chi connectivity index (χ4n) is 5.36. The molecule has 0 saturated heterocycles. The van der Waals surface area contributed by atoms with E-state index in [0.717, 1.165) is 0 Å². The summed E-state index contributed by atoms with van der Waals surface area (Å²) in [5.41, 5.74) is 0. The number of benzene rings is 2. The fourth-order valence-corrected chi connectivity index (χ4v) is 9.90. The van der Waals surface area contributed by atoms with Gasteiger partial charge in [0.15, 0.2) is 0 Å². The molecule has 0 aliphatic heterocycles. The average molecular weight is 769 g/mol. The molecule has 0 aliphatic rings.